The summed E-state index contributed by atoms with van der Waals surface area (Å²) in [4.78, 5) is 26.9. The molecule has 1 aliphatic heterocycles. The first-order chi connectivity index (χ1) is 9.63. The van der Waals surface area contributed by atoms with Crippen molar-refractivity contribution in [2.45, 2.75) is 69.3 Å². The van der Waals surface area contributed by atoms with Crippen molar-refractivity contribution in [1.29, 1.82) is 0 Å². The van der Waals surface area contributed by atoms with Gasteiger partial charge in [0.05, 0.1) is 0 Å². The van der Waals surface area contributed by atoms with Crippen molar-refractivity contribution in [1.82, 2.24) is 10.2 Å². The predicted octanol–water partition coefficient (Wildman–Crippen LogP) is 1.79. The standard InChI is InChI=1S/C15H24N2O2S/c1-3-20-12-6-4-5-11(12)17-9(2)14(18)16-13(15(17)19)10-7-8-10/h9-13H,3-8H2,1-2H3,(H,16,18). The number of nitrogens with one attached hydrogen (secondary N) is 1. The molecular formula is C15H24N2O2S. The van der Waals surface area contributed by atoms with E-state index in [1.54, 1.807) is 0 Å². The Labute approximate surface area is 125 Å². The predicted molar refractivity (Wildman–Crippen MR) is 80.5 cm³/mol. The largest absolute Gasteiger partial charge is 0.342 e. The molecule has 2 amide bonds. The SMILES string of the molecule is CCSC1CCCC1N1C(=O)C(C2CC2)NC(=O)C1C. The van der Waals surface area contributed by atoms with Crippen LogP contribution in [0.5, 0.6) is 0 Å². The molecule has 0 aromatic rings. The number of nitrogens with zero attached hydrogens (tertiary/aromatic N) is 1. The van der Waals surface area contributed by atoms with Gasteiger partial charge in [-0.05, 0) is 44.3 Å². The number of piperazine rings is 1. The Morgan fingerprint density at radius 1 is 1.25 bits per heavy atom. The summed E-state index contributed by atoms with van der Waals surface area (Å²) in [5.41, 5.74) is 0. The van der Waals surface area contributed by atoms with E-state index in [2.05, 4.69) is 12.2 Å². The Morgan fingerprint density at radius 3 is 2.65 bits per heavy atom. The zero-order valence-corrected chi connectivity index (χ0v) is 13.1. The maximum Gasteiger partial charge on any atom is 0.246 e. The van der Waals surface area contributed by atoms with E-state index >= 15 is 0 Å². The van der Waals surface area contributed by atoms with Gasteiger partial charge in [0.1, 0.15) is 12.1 Å². The minimum absolute atomic E-state index is 0.0358. The van der Waals surface area contributed by atoms with E-state index < -0.39 is 0 Å². The molecule has 112 valence electrons. The highest BCUT2D eigenvalue weighted by Crippen LogP contribution is 2.39. The molecule has 4 nitrogen and oxygen atoms in total. The van der Waals surface area contributed by atoms with Gasteiger partial charge in [-0.25, -0.2) is 0 Å². The van der Waals surface area contributed by atoms with E-state index in [-0.39, 0.29) is 29.9 Å². The van der Waals surface area contributed by atoms with Crippen molar-refractivity contribution in [3.8, 4) is 0 Å². The highest BCUT2D eigenvalue weighted by Gasteiger charge is 2.49. The molecule has 1 N–H and O–H groups in total. The van der Waals surface area contributed by atoms with Gasteiger partial charge in [0, 0.05) is 11.3 Å². The van der Waals surface area contributed by atoms with E-state index in [4.69, 9.17) is 0 Å². The molecule has 0 aromatic heterocycles. The van der Waals surface area contributed by atoms with Crippen molar-refractivity contribution in [3.63, 3.8) is 0 Å². The number of amides is 2. The van der Waals surface area contributed by atoms with Gasteiger partial charge in [0.2, 0.25) is 11.8 Å². The lowest BCUT2D eigenvalue weighted by Gasteiger charge is -2.43. The van der Waals surface area contributed by atoms with E-state index in [1.807, 2.05) is 23.6 Å². The normalized spacial score (nSPS) is 38.2. The van der Waals surface area contributed by atoms with Crippen LogP contribution in [0, 0.1) is 5.92 Å². The molecule has 2 saturated carbocycles. The van der Waals surface area contributed by atoms with Gasteiger partial charge >= 0.3 is 0 Å². The fourth-order valence-electron chi connectivity index (χ4n) is 3.65. The fourth-order valence-corrected chi connectivity index (χ4v) is 4.90. The third kappa shape index (κ3) is 2.45. The summed E-state index contributed by atoms with van der Waals surface area (Å²) in [6, 6.07) is -0.290. The smallest absolute Gasteiger partial charge is 0.246 e. The lowest BCUT2D eigenvalue weighted by Crippen LogP contribution is -2.66. The van der Waals surface area contributed by atoms with Crippen LogP contribution in [0.25, 0.3) is 0 Å². The van der Waals surface area contributed by atoms with Crippen molar-refractivity contribution < 1.29 is 9.59 Å². The molecule has 2 aliphatic carbocycles. The zero-order chi connectivity index (χ0) is 14.3. The molecule has 0 bridgehead atoms. The van der Waals surface area contributed by atoms with Crippen molar-refractivity contribution in [2.75, 3.05) is 5.75 Å². The second kappa shape index (κ2) is 5.58. The maximum atomic E-state index is 12.8. The van der Waals surface area contributed by atoms with Crippen LogP contribution in [-0.2, 0) is 9.59 Å². The summed E-state index contributed by atoms with van der Waals surface area (Å²) in [5.74, 6) is 1.68. The van der Waals surface area contributed by atoms with Crippen LogP contribution in [0.4, 0.5) is 0 Å². The zero-order valence-electron chi connectivity index (χ0n) is 12.3. The number of hydrogen-bond acceptors (Lipinski definition) is 3. The molecule has 3 fully saturated rings. The van der Waals surface area contributed by atoms with Gasteiger partial charge in [-0.2, -0.15) is 11.8 Å². The lowest BCUT2D eigenvalue weighted by molar-refractivity contribution is -0.151. The van der Waals surface area contributed by atoms with Crippen molar-refractivity contribution in [2.24, 2.45) is 5.92 Å². The van der Waals surface area contributed by atoms with E-state index in [0.29, 0.717) is 11.2 Å². The molecule has 1 heterocycles. The van der Waals surface area contributed by atoms with Gasteiger partial charge in [-0.15, -0.1) is 0 Å². The second-order valence-electron chi connectivity index (χ2n) is 6.24. The lowest BCUT2D eigenvalue weighted by atomic mass is 10.0. The molecular weight excluding hydrogens is 272 g/mol. The average molecular weight is 296 g/mol. The maximum absolute atomic E-state index is 12.8. The number of hydrogen-bond donors (Lipinski definition) is 1. The Kier molecular flexibility index (Phi) is 3.98. The number of carbonyl (C=O) groups is 2. The first-order valence-corrected chi connectivity index (χ1v) is 8.92. The molecule has 1 saturated heterocycles. The Morgan fingerprint density at radius 2 is 2.00 bits per heavy atom. The third-order valence-electron chi connectivity index (χ3n) is 4.86. The van der Waals surface area contributed by atoms with Crippen molar-refractivity contribution in [3.05, 3.63) is 0 Å². The van der Waals surface area contributed by atoms with Gasteiger partial charge in [-0.1, -0.05) is 13.3 Å². The van der Waals surface area contributed by atoms with E-state index in [1.165, 1.54) is 12.8 Å². The summed E-state index contributed by atoms with van der Waals surface area (Å²) in [6.07, 6.45) is 5.57. The van der Waals surface area contributed by atoms with Crippen LogP contribution < -0.4 is 5.32 Å². The molecule has 20 heavy (non-hydrogen) atoms. The first kappa shape index (κ1) is 14.2. The molecule has 3 aliphatic rings. The fraction of sp³-hybridized carbons (Fsp3) is 0.867. The molecule has 4 atom stereocenters. The number of thioether (sulfide) groups is 1. The molecule has 0 spiro atoms. The first-order valence-electron chi connectivity index (χ1n) is 7.87. The van der Waals surface area contributed by atoms with Crippen LogP contribution >= 0.6 is 11.8 Å². The average Bonchev–Trinajstić information content (AvgIpc) is 3.17. The Balaban J connectivity index is 1.80. The van der Waals surface area contributed by atoms with Crippen LogP contribution in [-0.4, -0.2) is 45.8 Å². The number of carbonyl (C=O) groups excluding carboxylic acids is 2. The summed E-state index contributed by atoms with van der Waals surface area (Å²) >= 11 is 1.95. The van der Waals surface area contributed by atoms with E-state index in [9.17, 15) is 9.59 Å². The minimum atomic E-state index is -0.305. The van der Waals surface area contributed by atoms with Gasteiger partial charge < -0.3 is 10.2 Å². The summed E-state index contributed by atoms with van der Waals surface area (Å²) in [7, 11) is 0. The van der Waals surface area contributed by atoms with E-state index in [0.717, 1.165) is 25.0 Å². The molecule has 5 heteroatoms. The molecule has 0 aromatic carbocycles. The Hall–Kier alpha value is -0.710. The summed E-state index contributed by atoms with van der Waals surface area (Å²) in [6.45, 7) is 4.05. The van der Waals surface area contributed by atoms with Crippen molar-refractivity contribution >= 4 is 23.6 Å². The van der Waals surface area contributed by atoms with Crippen LogP contribution in [0.2, 0.25) is 0 Å². The number of rotatable bonds is 4. The molecule has 4 unspecified atom stereocenters. The van der Waals surface area contributed by atoms with Gasteiger partial charge in [-0.3, -0.25) is 9.59 Å². The second-order valence-corrected chi connectivity index (χ2v) is 7.75. The highest BCUT2D eigenvalue weighted by molar-refractivity contribution is 7.99. The van der Waals surface area contributed by atoms with Crippen LogP contribution in [0.1, 0.15) is 46.0 Å². The van der Waals surface area contributed by atoms with Gasteiger partial charge in [0.15, 0.2) is 0 Å². The van der Waals surface area contributed by atoms with Crippen LogP contribution in [0.15, 0.2) is 0 Å². The molecule has 0 radical (unpaired) electrons. The Bertz CT molecular complexity index is 411. The quantitative estimate of drug-likeness (QED) is 0.860. The molecule has 3 rings (SSSR count). The summed E-state index contributed by atoms with van der Waals surface area (Å²) < 4.78 is 0. The topological polar surface area (TPSA) is 49.4 Å². The minimum Gasteiger partial charge on any atom is -0.342 e. The summed E-state index contributed by atoms with van der Waals surface area (Å²) in [5, 5.41) is 3.45. The van der Waals surface area contributed by atoms with Crippen LogP contribution in [0.3, 0.4) is 0 Å². The van der Waals surface area contributed by atoms with Gasteiger partial charge in [0.25, 0.3) is 0 Å². The third-order valence-corrected chi connectivity index (χ3v) is 6.18. The monoisotopic (exact) mass is 296 g/mol. The highest BCUT2D eigenvalue weighted by atomic mass is 32.2.